The predicted octanol–water partition coefficient (Wildman–Crippen LogP) is 0.606. The van der Waals surface area contributed by atoms with Gasteiger partial charge in [-0.25, -0.2) is 0 Å². The molecule has 1 aromatic heterocycles. The van der Waals surface area contributed by atoms with Gasteiger partial charge in [0.2, 0.25) is 17.7 Å². The summed E-state index contributed by atoms with van der Waals surface area (Å²) in [7, 11) is 1.46. The van der Waals surface area contributed by atoms with Gasteiger partial charge < -0.3 is 21.1 Å². The molecule has 1 aromatic carbocycles. The normalized spacial score (nSPS) is 10.0. The van der Waals surface area contributed by atoms with Crippen LogP contribution in [0.15, 0.2) is 18.2 Å². The molecule has 21 heavy (non-hydrogen) atoms. The van der Waals surface area contributed by atoms with E-state index in [0.29, 0.717) is 17.1 Å². The molecule has 0 bridgehead atoms. The molecule has 0 aliphatic heterocycles. The Balaban J connectivity index is 2.17. The summed E-state index contributed by atoms with van der Waals surface area (Å²) in [4.78, 5) is 26.7. The first-order valence-electron chi connectivity index (χ1n) is 5.94. The Morgan fingerprint density at radius 3 is 2.67 bits per heavy atom. The van der Waals surface area contributed by atoms with E-state index in [-0.39, 0.29) is 17.7 Å². The molecule has 0 radical (unpaired) electrons. The molecule has 0 atom stereocenters. The molecule has 0 saturated carbocycles. The van der Waals surface area contributed by atoms with Gasteiger partial charge in [-0.2, -0.15) is 4.98 Å². The van der Waals surface area contributed by atoms with Crippen LogP contribution in [0.4, 0.5) is 17.3 Å². The number of nitrogens with two attached hydrogens (primary N) is 1. The molecule has 9 heteroatoms. The molecular formula is C12H14N6O3. The first kappa shape index (κ1) is 14.3. The van der Waals surface area contributed by atoms with Gasteiger partial charge in [0, 0.05) is 18.7 Å². The molecule has 0 spiro atoms. The Hall–Kier alpha value is -3.10. The lowest BCUT2D eigenvalue weighted by Crippen LogP contribution is -2.14. The van der Waals surface area contributed by atoms with E-state index in [1.165, 1.54) is 14.0 Å². The summed E-state index contributed by atoms with van der Waals surface area (Å²) in [5, 5.41) is 11.2. The summed E-state index contributed by atoms with van der Waals surface area (Å²) in [5.41, 5.74) is 6.31. The Bertz CT molecular complexity index is 681. The highest BCUT2D eigenvalue weighted by atomic mass is 16.5. The predicted molar refractivity (Wildman–Crippen MR) is 76.0 cm³/mol. The smallest absolute Gasteiger partial charge is 0.293 e. The summed E-state index contributed by atoms with van der Waals surface area (Å²) in [6, 6.07) is 4.80. The van der Waals surface area contributed by atoms with Crippen molar-refractivity contribution in [2.24, 2.45) is 0 Å². The van der Waals surface area contributed by atoms with E-state index >= 15 is 0 Å². The van der Waals surface area contributed by atoms with Crippen LogP contribution in [0.25, 0.3) is 0 Å². The number of hydrogen-bond acceptors (Lipinski definition) is 6. The summed E-state index contributed by atoms with van der Waals surface area (Å²) < 4.78 is 5.16. The molecule has 9 nitrogen and oxygen atoms in total. The number of ether oxygens (including phenoxy) is 1. The van der Waals surface area contributed by atoms with Crippen molar-refractivity contribution in [3.8, 4) is 5.75 Å². The topological polar surface area (TPSA) is 135 Å². The van der Waals surface area contributed by atoms with Crippen molar-refractivity contribution < 1.29 is 14.3 Å². The largest absolute Gasteiger partial charge is 0.494 e. The monoisotopic (exact) mass is 290 g/mol. The van der Waals surface area contributed by atoms with Crippen LogP contribution in [0.1, 0.15) is 17.5 Å². The first-order chi connectivity index (χ1) is 9.99. The van der Waals surface area contributed by atoms with Gasteiger partial charge in [-0.3, -0.25) is 14.7 Å². The van der Waals surface area contributed by atoms with Gasteiger partial charge in [0.05, 0.1) is 12.8 Å². The van der Waals surface area contributed by atoms with Gasteiger partial charge in [-0.1, -0.05) is 0 Å². The van der Waals surface area contributed by atoms with Gasteiger partial charge >= 0.3 is 0 Å². The number of aromatic nitrogens is 3. The minimum absolute atomic E-state index is 0.00240. The number of H-pyrrole nitrogens is 1. The summed E-state index contributed by atoms with van der Waals surface area (Å²) >= 11 is 0. The minimum Gasteiger partial charge on any atom is -0.494 e. The zero-order valence-electron chi connectivity index (χ0n) is 11.4. The molecular weight excluding hydrogens is 276 g/mol. The molecule has 0 fully saturated rings. The zero-order valence-corrected chi connectivity index (χ0v) is 11.4. The summed E-state index contributed by atoms with van der Waals surface area (Å²) in [6.45, 7) is 1.39. The number of benzene rings is 1. The molecule has 0 aliphatic rings. The number of methoxy groups -OCH3 is 1. The maximum atomic E-state index is 11.9. The second-order valence-corrected chi connectivity index (χ2v) is 4.09. The third-order valence-electron chi connectivity index (χ3n) is 2.49. The van der Waals surface area contributed by atoms with Crippen molar-refractivity contribution in [1.82, 2.24) is 15.2 Å². The van der Waals surface area contributed by atoms with Crippen molar-refractivity contribution in [3.05, 3.63) is 24.0 Å². The van der Waals surface area contributed by atoms with Crippen LogP contribution in [0.5, 0.6) is 5.75 Å². The molecule has 2 aromatic rings. The summed E-state index contributed by atoms with van der Waals surface area (Å²) in [6.07, 6.45) is 0. The molecule has 1 heterocycles. The Kier molecular flexibility index (Phi) is 4.02. The number of nitrogens with one attached hydrogen (secondary N) is 3. The Labute approximate surface area is 119 Å². The van der Waals surface area contributed by atoms with Gasteiger partial charge in [0.1, 0.15) is 5.75 Å². The lowest BCUT2D eigenvalue weighted by molar-refractivity contribution is -0.114. The number of aromatic amines is 1. The number of amides is 2. The number of carbonyl (C=O) groups is 2. The van der Waals surface area contributed by atoms with Crippen molar-refractivity contribution in [2.75, 3.05) is 23.5 Å². The Morgan fingerprint density at radius 2 is 2.10 bits per heavy atom. The Morgan fingerprint density at radius 1 is 1.33 bits per heavy atom. The average molecular weight is 290 g/mol. The molecule has 0 unspecified atom stereocenters. The van der Waals surface area contributed by atoms with E-state index in [1.807, 2.05) is 0 Å². The number of hydrogen-bond donors (Lipinski definition) is 4. The van der Waals surface area contributed by atoms with Gasteiger partial charge in [-0.15, -0.1) is 5.10 Å². The summed E-state index contributed by atoms with van der Waals surface area (Å²) in [5.74, 6) is -0.313. The molecule has 2 rings (SSSR count). The van der Waals surface area contributed by atoms with Crippen LogP contribution in [-0.2, 0) is 4.79 Å². The van der Waals surface area contributed by atoms with Crippen LogP contribution < -0.4 is 21.1 Å². The lowest BCUT2D eigenvalue weighted by atomic mass is 10.2. The lowest BCUT2D eigenvalue weighted by Gasteiger charge is -2.11. The van der Waals surface area contributed by atoms with Crippen molar-refractivity contribution in [2.45, 2.75) is 6.92 Å². The number of rotatable bonds is 4. The van der Waals surface area contributed by atoms with Crippen molar-refractivity contribution >= 4 is 29.1 Å². The van der Waals surface area contributed by atoms with Crippen molar-refractivity contribution in [3.63, 3.8) is 0 Å². The molecule has 110 valence electrons. The third-order valence-corrected chi connectivity index (χ3v) is 2.49. The quantitative estimate of drug-likeness (QED) is 0.651. The van der Waals surface area contributed by atoms with Crippen molar-refractivity contribution in [1.29, 1.82) is 0 Å². The third kappa shape index (κ3) is 3.47. The number of anilines is 3. The number of nitrogens with zero attached hydrogens (tertiary/aromatic N) is 2. The van der Waals surface area contributed by atoms with E-state index in [9.17, 15) is 9.59 Å². The fraction of sp³-hybridized carbons (Fsp3) is 0.167. The standard InChI is InChI=1S/C12H14N6O3/c1-6(19)14-8-4-3-7(5-9(8)21-2)15-11(20)10-16-12(13)18-17-10/h3-5H,1-2H3,(H,14,19)(H,15,20)(H3,13,16,17,18). The highest BCUT2D eigenvalue weighted by Crippen LogP contribution is 2.28. The fourth-order valence-corrected chi connectivity index (χ4v) is 1.63. The fourth-order valence-electron chi connectivity index (χ4n) is 1.63. The van der Waals surface area contributed by atoms with Gasteiger partial charge in [-0.05, 0) is 12.1 Å². The maximum Gasteiger partial charge on any atom is 0.293 e. The van der Waals surface area contributed by atoms with E-state index < -0.39 is 5.91 Å². The van der Waals surface area contributed by atoms with Crippen LogP contribution in [0.2, 0.25) is 0 Å². The molecule has 5 N–H and O–H groups in total. The van der Waals surface area contributed by atoms with Gasteiger partial charge in [0.15, 0.2) is 0 Å². The second kappa shape index (κ2) is 5.90. The van der Waals surface area contributed by atoms with Crippen LogP contribution in [0, 0.1) is 0 Å². The van der Waals surface area contributed by atoms with E-state index in [1.54, 1.807) is 18.2 Å². The molecule has 2 amide bonds. The number of carbonyl (C=O) groups excluding carboxylic acids is 2. The minimum atomic E-state index is -0.492. The number of nitrogen functional groups attached to an aromatic ring is 1. The molecule has 0 aliphatic carbocycles. The SMILES string of the molecule is COc1cc(NC(=O)c2nc(N)n[nH]2)ccc1NC(C)=O. The van der Waals surface area contributed by atoms with Gasteiger partial charge in [0.25, 0.3) is 5.91 Å². The van der Waals surface area contributed by atoms with E-state index in [0.717, 1.165) is 0 Å². The average Bonchev–Trinajstić information content (AvgIpc) is 2.86. The highest BCUT2D eigenvalue weighted by Gasteiger charge is 2.12. The maximum absolute atomic E-state index is 11.9. The highest BCUT2D eigenvalue weighted by molar-refractivity contribution is 6.02. The second-order valence-electron chi connectivity index (χ2n) is 4.09. The first-order valence-corrected chi connectivity index (χ1v) is 5.94. The van der Waals surface area contributed by atoms with Crippen LogP contribution in [0.3, 0.4) is 0 Å². The van der Waals surface area contributed by atoms with E-state index in [4.69, 9.17) is 10.5 Å². The van der Waals surface area contributed by atoms with E-state index in [2.05, 4.69) is 25.8 Å². The molecule has 0 saturated heterocycles. The zero-order chi connectivity index (χ0) is 15.4. The van der Waals surface area contributed by atoms with Crippen LogP contribution >= 0.6 is 0 Å². The van der Waals surface area contributed by atoms with Crippen LogP contribution in [-0.4, -0.2) is 34.1 Å².